The van der Waals surface area contributed by atoms with Gasteiger partial charge in [0.1, 0.15) is 0 Å². The fourth-order valence-corrected chi connectivity index (χ4v) is 3.41. The van der Waals surface area contributed by atoms with Gasteiger partial charge in [0.15, 0.2) is 0 Å². The molecule has 0 spiro atoms. The standard InChI is InChI=1S/C10H14BrNS/c11-10-4-2-1-3-8(5-10)9-6-12-13-7-9/h6-8,10H,1-5H2. The number of hydrogen-bond acceptors (Lipinski definition) is 2. The van der Waals surface area contributed by atoms with Gasteiger partial charge < -0.3 is 0 Å². The fourth-order valence-electron chi connectivity index (χ4n) is 2.02. The lowest BCUT2D eigenvalue weighted by atomic mass is 9.95. The average Bonchev–Trinajstić information content (AvgIpc) is 2.56. The van der Waals surface area contributed by atoms with Crippen LogP contribution < -0.4 is 0 Å². The van der Waals surface area contributed by atoms with E-state index in [4.69, 9.17) is 0 Å². The Kier molecular flexibility index (Phi) is 3.39. The van der Waals surface area contributed by atoms with E-state index in [0.717, 1.165) is 10.7 Å². The molecule has 0 aromatic carbocycles. The van der Waals surface area contributed by atoms with E-state index in [1.165, 1.54) is 37.7 Å². The van der Waals surface area contributed by atoms with Crippen molar-refractivity contribution in [3.05, 3.63) is 17.1 Å². The van der Waals surface area contributed by atoms with Gasteiger partial charge in [0.05, 0.1) is 0 Å². The van der Waals surface area contributed by atoms with Gasteiger partial charge in [0.25, 0.3) is 0 Å². The van der Waals surface area contributed by atoms with Gasteiger partial charge in [-0.15, -0.1) is 0 Å². The van der Waals surface area contributed by atoms with E-state index in [-0.39, 0.29) is 0 Å². The lowest BCUT2D eigenvalue weighted by Crippen LogP contribution is -2.02. The Morgan fingerprint density at radius 3 is 3.00 bits per heavy atom. The number of alkyl halides is 1. The average molecular weight is 260 g/mol. The van der Waals surface area contributed by atoms with Gasteiger partial charge >= 0.3 is 0 Å². The number of rotatable bonds is 1. The molecule has 0 amide bonds. The molecular formula is C10H14BrNS. The summed E-state index contributed by atoms with van der Waals surface area (Å²) in [5.74, 6) is 0.755. The molecule has 1 aliphatic rings. The third kappa shape index (κ3) is 2.53. The molecule has 1 aliphatic carbocycles. The van der Waals surface area contributed by atoms with Crippen molar-refractivity contribution in [3.63, 3.8) is 0 Å². The number of halogens is 1. The summed E-state index contributed by atoms with van der Waals surface area (Å²) in [6.45, 7) is 0. The van der Waals surface area contributed by atoms with Crippen molar-refractivity contribution in [2.24, 2.45) is 0 Å². The molecule has 2 atom stereocenters. The van der Waals surface area contributed by atoms with Crippen molar-refractivity contribution >= 4 is 27.5 Å². The molecule has 72 valence electrons. The second-order valence-corrected chi connectivity index (χ2v) is 5.72. The van der Waals surface area contributed by atoms with Crippen LogP contribution in [0.1, 0.15) is 43.6 Å². The second kappa shape index (κ2) is 4.56. The molecule has 2 rings (SSSR count). The molecule has 2 unspecified atom stereocenters. The third-order valence-corrected chi connectivity index (χ3v) is 4.22. The van der Waals surface area contributed by atoms with Gasteiger partial charge in [-0.25, -0.2) is 4.37 Å². The van der Waals surface area contributed by atoms with E-state index in [9.17, 15) is 0 Å². The lowest BCUT2D eigenvalue weighted by molar-refractivity contribution is 0.601. The van der Waals surface area contributed by atoms with Gasteiger partial charge in [-0.3, -0.25) is 0 Å². The summed E-state index contributed by atoms with van der Waals surface area (Å²) in [5.41, 5.74) is 1.45. The van der Waals surface area contributed by atoms with Crippen molar-refractivity contribution in [1.82, 2.24) is 4.37 Å². The number of nitrogens with zero attached hydrogens (tertiary/aromatic N) is 1. The van der Waals surface area contributed by atoms with Crippen molar-refractivity contribution in [2.75, 3.05) is 0 Å². The summed E-state index contributed by atoms with van der Waals surface area (Å²) in [4.78, 5) is 0.722. The molecule has 0 bridgehead atoms. The summed E-state index contributed by atoms with van der Waals surface area (Å²) < 4.78 is 4.18. The molecule has 0 aliphatic heterocycles. The maximum atomic E-state index is 4.18. The molecule has 0 N–H and O–H groups in total. The Morgan fingerprint density at radius 1 is 1.38 bits per heavy atom. The third-order valence-electron chi connectivity index (χ3n) is 2.78. The Labute approximate surface area is 91.8 Å². The van der Waals surface area contributed by atoms with Crippen LogP contribution in [0.4, 0.5) is 0 Å². The quantitative estimate of drug-likeness (QED) is 0.550. The Hall–Kier alpha value is 0.110. The van der Waals surface area contributed by atoms with Crippen LogP contribution in [0, 0.1) is 0 Å². The summed E-state index contributed by atoms with van der Waals surface area (Å²) in [5, 5.41) is 2.20. The molecule has 1 nitrogen and oxygen atoms in total. The van der Waals surface area contributed by atoms with E-state index in [1.807, 2.05) is 6.20 Å². The smallest absolute Gasteiger partial charge is 0.0441 e. The SMILES string of the molecule is BrC1CCCCC(c2cnsc2)C1. The number of aromatic nitrogens is 1. The highest BCUT2D eigenvalue weighted by molar-refractivity contribution is 9.09. The fraction of sp³-hybridized carbons (Fsp3) is 0.700. The van der Waals surface area contributed by atoms with Gasteiger partial charge in [-0.05, 0) is 42.3 Å². The molecule has 1 heterocycles. The van der Waals surface area contributed by atoms with Crippen molar-refractivity contribution in [3.8, 4) is 0 Å². The first-order valence-electron chi connectivity index (χ1n) is 4.89. The monoisotopic (exact) mass is 259 g/mol. The molecule has 13 heavy (non-hydrogen) atoms. The molecule has 1 fully saturated rings. The second-order valence-electron chi connectivity index (χ2n) is 3.77. The molecular weight excluding hydrogens is 246 g/mol. The van der Waals surface area contributed by atoms with Gasteiger partial charge in [0.2, 0.25) is 0 Å². The summed E-state index contributed by atoms with van der Waals surface area (Å²) in [6, 6.07) is 0. The van der Waals surface area contributed by atoms with Crippen molar-refractivity contribution in [2.45, 2.75) is 42.8 Å². The van der Waals surface area contributed by atoms with Crippen LogP contribution in [-0.2, 0) is 0 Å². The molecule has 1 saturated carbocycles. The zero-order valence-electron chi connectivity index (χ0n) is 7.58. The zero-order valence-corrected chi connectivity index (χ0v) is 9.98. The minimum atomic E-state index is 0.722. The maximum Gasteiger partial charge on any atom is 0.0441 e. The van der Waals surface area contributed by atoms with Gasteiger partial charge in [-0.2, -0.15) is 0 Å². The van der Waals surface area contributed by atoms with Crippen LogP contribution in [0.2, 0.25) is 0 Å². The highest BCUT2D eigenvalue weighted by Crippen LogP contribution is 2.34. The first-order valence-corrected chi connectivity index (χ1v) is 6.65. The molecule has 0 saturated heterocycles. The topological polar surface area (TPSA) is 12.9 Å². The van der Waals surface area contributed by atoms with Crippen LogP contribution in [0.25, 0.3) is 0 Å². The minimum Gasteiger partial charge on any atom is -0.201 e. The van der Waals surface area contributed by atoms with E-state index in [0.29, 0.717) is 0 Å². The largest absolute Gasteiger partial charge is 0.201 e. The van der Waals surface area contributed by atoms with Gasteiger partial charge in [-0.1, -0.05) is 28.8 Å². The summed E-state index contributed by atoms with van der Waals surface area (Å²) in [7, 11) is 0. The normalized spacial score (nSPS) is 29.9. The van der Waals surface area contributed by atoms with Crippen molar-refractivity contribution in [1.29, 1.82) is 0 Å². The molecule has 0 radical (unpaired) electrons. The minimum absolute atomic E-state index is 0.722. The van der Waals surface area contributed by atoms with E-state index < -0.39 is 0 Å². The highest BCUT2D eigenvalue weighted by Gasteiger charge is 2.19. The first-order chi connectivity index (χ1) is 6.36. The zero-order chi connectivity index (χ0) is 9.10. The van der Waals surface area contributed by atoms with Crippen LogP contribution in [-0.4, -0.2) is 9.20 Å². The lowest BCUT2D eigenvalue weighted by Gasteiger charge is -2.13. The Bertz CT molecular complexity index is 247. The summed E-state index contributed by atoms with van der Waals surface area (Å²) in [6.07, 6.45) is 8.78. The van der Waals surface area contributed by atoms with Crippen molar-refractivity contribution < 1.29 is 0 Å². The van der Waals surface area contributed by atoms with E-state index >= 15 is 0 Å². The summed E-state index contributed by atoms with van der Waals surface area (Å²) >= 11 is 5.32. The van der Waals surface area contributed by atoms with Crippen LogP contribution in [0.15, 0.2) is 11.6 Å². The highest BCUT2D eigenvalue weighted by atomic mass is 79.9. The predicted octanol–water partition coefficient (Wildman–Crippen LogP) is 3.95. The van der Waals surface area contributed by atoms with Gasteiger partial charge in [0, 0.05) is 16.4 Å². The maximum absolute atomic E-state index is 4.18. The molecule has 3 heteroatoms. The van der Waals surface area contributed by atoms with Crippen LogP contribution >= 0.6 is 27.5 Å². The molecule has 1 aromatic rings. The van der Waals surface area contributed by atoms with Crippen LogP contribution in [0.5, 0.6) is 0 Å². The van der Waals surface area contributed by atoms with E-state index in [1.54, 1.807) is 11.5 Å². The molecule has 1 aromatic heterocycles. The number of hydrogen-bond donors (Lipinski definition) is 0. The first kappa shape index (κ1) is 9.66. The van der Waals surface area contributed by atoms with E-state index in [2.05, 4.69) is 25.7 Å². The Morgan fingerprint density at radius 2 is 2.23 bits per heavy atom. The Balaban J connectivity index is 2.05. The predicted molar refractivity (Wildman–Crippen MR) is 60.7 cm³/mol. The van der Waals surface area contributed by atoms with Crippen LogP contribution in [0.3, 0.4) is 0 Å².